The summed E-state index contributed by atoms with van der Waals surface area (Å²) >= 11 is 0. The third-order valence-corrected chi connectivity index (χ3v) is 16.8. The molecule has 2 aromatic rings. The van der Waals surface area contributed by atoms with E-state index < -0.39 is 0 Å². The summed E-state index contributed by atoms with van der Waals surface area (Å²) in [6.45, 7) is 11.3. The van der Waals surface area contributed by atoms with Gasteiger partial charge in [-0.15, -0.1) is 0 Å². The first-order valence-corrected chi connectivity index (χ1v) is 32.4. The first-order chi connectivity index (χ1) is 36.4. The Morgan fingerprint density at radius 3 is 0.932 bits per heavy atom. The van der Waals surface area contributed by atoms with Crippen molar-refractivity contribution in [3.8, 4) is 0 Å². The second-order valence-electron chi connectivity index (χ2n) is 23.3. The fourth-order valence-corrected chi connectivity index (χ4v) is 12.3. The van der Waals surface area contributed by atoms with Crippen LogP contribution in [0.4, 0.5) is 17.1 Å². The van der Waals surface area contributed by atoms with Gasteiger partial charge in [-0.3, -0.25) is 9.59 Å². The Hall–Kier alpha value is -3.28. The smallest absolute Gasteiger partial charge is 0.260 e. The quantitative estimate of drug-likeness (QED) is 0.0377. The van der Waals surface area contributed by atoms with E-state index in [0.717, 1.165) is 85.1 Å². The van der Waals surface area contributed by atoms with Crippen LogP contribution >= 0.6 is 0 Å². The minimum Gasteiger partial charge on any atom is -0.305 e. The molecule has 2 aliphatic rings. The summed E-state index contributed by atoms with van der Waals surface area (Å²) in [6, 6.07) is 12.9. The van der Waals surface area contributed by atoms with Crippen molar-refractivity contribution < 1.29 is 9.59 Å². The second-order valence-corrected chi connectivity index (χ2v) is 23.3. The van der Waals surface area contributed by atoms with Crippen molar-refractivity contribution in [1.82, 2.24) is 0 Å². The molecule has 2 amide bonds. The fourth-order valence-electron chi connectivity index (χ4n) is 12.3. The molecule has 0 unspecified atom stereocenters. The molecule has 0 spiro atoms. The van der Waals surface area contributed by atoms with Crippen LogP contribution in [0.3, 0.4) is 0 Å². The Kier molecular flexibility index (Phi) is 34.2. The van der Waals surface area contributed by atoms with Crippen LogP contribution in [0.2, 0.25) is 0 Å². The molecule has 0 atom stereocenters. The second kappa shape index (κ2) is 40.0. The summed E-state index contributed by atoms with van der Waals surface area (Å²) in [5.41, 5.74) is 6.89. The molecule has 2 aliphatic heterocycles. The van der Waals surface area contributed by atoms with Crippen molar-refractivity contribution in [1.29, 1.82) is 0 Å². The van der Waals surface area contributed by atoms with Gasteiger partial charge in [-0.05, 0) is 62.4 Å². The molecule has 6 nitrogen and oxygen atoms in total. The minimum absolute atomic E-state index is 0.00686. The number of carbonyl (C=O) groups is 2. The van der Waals surface area contributed by atoms with Crippen LogP contribution < -0.4 is 9.80 Å². The minimum atomic E-state index is 0.00686. The summed E-state index contributed by atoms with van der Waals surface area (Å²) in [5.74, 6) is 0.0385. The molecule has 6 heteroatoms. The SMILES string of the molecule is CCCCCCCCCCCCC(CCCCCCCCCCCC)N1C(=O)/C(=C2/C(=O)N(C(CCCCCCCCCCCC)CCCCCCCCCCCC)c3cc(/N=N/C)ccc32)c2ccc(C)cc21. The zero-order chi connectivity index (χ0) is 52.9. The molecule has 74 heavy (non-hydrogen) atoms. The average Bonchev–Trinajstić information content (AvgIpc) is 3.84. The normalized spacial score (nSPS) is 14.6. The monoisotopic (exact) mass is 1020 g/mol. The number of fused-ring (bicyclic) bond motifs is 2. The third kappa shape index (κ3) is 22.7. The Balaban J connectivity index is 1.61. The number of amides is 2. The molecule has 0 bridgehead atoms. The highest BCUT2D eigenvalue weighted by molar-refractivity contribution is 6.50. The number of hydrogen-bond acceptors (Lipinski definition) is 4. The lowest BCUT2D eigenvalue weighted by Gasteiger charge is -2.29. The van der Waals surface area contributed by atoms with Gasteiger partial charge in [0.15, 0.2) is 0 Å². The van der Waals surface area contributed by atoms with Crippen LogP contribution in [-0.4, -0.2) is 30.9 Å². The number of azo groups is 1. The zero-order valence-electron chi connectivity index (χ0n) is 49.3. The van der Waals surface area contributed by atoms with Crippen molar-refractivity contribution in [2.24, 2.45) is 10.2 Å². The molecule has 2 aromatic carbocycles. The summed E-state index contributed by atoms with van der Waals surface area (Å²) in [4.78, 5) is 35.7. The molecular formula is C68H114N4O2. The third-order valence-electron chi connectivity index (χ3n) is 16.8. The van der Waals surface area contributed by atoms with Gasteiger partial charge in [-0.2, -0.15) is 10.2 Å². The predicted molar refractivity (Wildman–Crippen MR) is 323 cm³/mol. The van der Waals surface area contributed by atoms with Crippen molar-refractivity contribution in [2.45, 2.75) is 329 Å². The highest BCUT2D eigenvalue weighted by Crippen LogP contribution is 2.50. The maximum atomic E-state index is 15.7. The number of benzene rings is 2. The van der Waals surface area contributed by atoms with E-state index in [0.29, 0.717) is 11.1 Å². The lowest BCUT2D eigenvalue weighted by atomic mass is 9.95. The zero-order valence-corrected chi connectivity index (χ0v) is 49.3. The van der Waals surface area contributed by atoms with Crippen LogP contribution in [0.15, 0.2) is 46.6 Å². The van der Waals surface area contributed by atoms with Gasteiger partial charge >= 0.3 is 0 Å². The van der Waals surface area contributed by atoms with E-state index in [1.807, 2.05) is 6.07 Å². The van der Waals surface area contributed by atoms with Crippen molar-refractivity contribution >= 4 is 40.0 Å². The summed E-state index contributed by atoms with van der Waals surface area (Å²) in [7, 11) is 1.72. The van der Waals surface area contributed by atoms with Crippen molar-refractivity contribution in [2.75, 3.05) is 16.8 Å². The first-order valence-electron chi connectivity index (χ1n) is 32.4. The predicted octanol–water partition coefficient (Wildman–Crippen LogP) is 22.3. The van der Waals surface area contributed by atoms with E-state index >= 15 is 9.59 Å². The number of nitrogens with zero attached hydrogens (tertiary/aromatic N) is 4. The lowest BCUT2D eigenvalue weighted by molar-refractivity contribution is -0.115. The van der Waals surface area contributed by atoms with Crippen molar-refractivity contribution in [3.05, 3.63) is 53.1 Å². The number of rotatable bonds is 47. The van der Waals surface area contributed by atoms with Gasteiger partial charge in [-0.25, -0.2) is 0 Å². The number of anilines is 2. The van der Waals surface area contributed by atoms with E-state index in [1.165, 1.54) is 231 Å². The van der Waals surface area contributed by atoms with Gasteiger partial charge in [0.2, 0.25) is 0 Å². The van der Waals surface area contributed by atoms with E-state index in [4.69, 9.17) is 0 Å². The Morgan fingerprint density at radius 2 is 0.635 bits per heavy atom. The number of hydrogen-bond donors (Lipinski definition) is 0. The van der Waals surface area contributed by atoms with Crippen molar-refractivity contribution in [3.63, 3.8) is 0 Å². The molecule has 0 N–H and O–H groups in total. The molecule has 0 radical (unpaired) electrons. The van der Waals surface area contributed by atoms with Crippen LogP contribution in [-0.2, 0) is 9.59 Å². The van der Waals surface area contributed by atoms with Gasteiger partial charge in [0.05, 0.1) is 28.2 Å². The van der Waals surface area contributed by atoms with Gasteiger partial charge in [0.1, 0.15) is 0 Å². The van der Waals surface area contributed by atoms with E-state index in [9.17, 15) is 0 Å². The molecule has 0 saturated carbocycles. The summed E-state index contributed by atoms with van der Waals surface area (Å²) in [5, 5.41) is 8.68. The van der Waals surface area contributed by atoms with Crippen LogP contribution in [0, 0.1) is 6.92 Å². The Morgan fingerprint density at radius 1 is 0.365 bits per heavy atom. The highest BCUT2D eigenvalue weighted by Gasteiger charge is 2.45. The number of unbranched alkanes of at least 4 members (excludes halogenated alkanes) is 36. The van der Waals surface area contributed by atoms with Crippen LogP contribution in [0.25, 0.3) is 11.1 Å². The summed E-state index contributed by atoms with van der Waals surface area (Å²) in [6.07, 6.45) is 56.1. The molecular weight excluding hydrogens is 905 g/mol. The van der Waals surface area contributed by atoms with Gasteiger partial charge < -0.3 is 9.80 Å². The summed E-state index contributed by atoms with van der Waals surface area (Å²) < 4.78 is 0. The van der Waals surface area contributed by atoms with Crippen LogP contribution in [0.1, 0.15) is 327 Å². The topological polar surface area (TPSA) is 65.3 Å². The van der Waals surface area contributed by atoms with Gasteiger partial charge in [0.25, 0.3) is 11.8 Å². The molecule has 2 heterocycles. The molecule has 0 fully saturated rings. The number of carbonyl (C=O) groups excluding carboxylic acids is 2. The standard InChI is InChI=1S/C68H114N4O2/c1-7-11-15-19-23-27-31-35-39-43-47-59(48-44-40-36-32-28-24-20-16-12-8-2)71-63-55-57(5)51-53-61(63)65(67(71)73)66-62-54-52-58(70-69-6)56-64(62)72(68(66)74)60(49-45-41-37-33-29-25-21-17-13-9-3)50-46-42-38-34-30-26-22-18-14-10-4/h51-56,59-60H,7-50H2,1-6H3/b66-65+,70-69+. The molecule has 4 rings (SSSR count). The molecule has 0 aromatic heterocycles. The molecule has 0 aliphatic carbocycles. The lowest BCUT2D eigenvalue weighted by Crippen LogP contribution is -2.39. The maximum Gasteiger partial charge on any atom is 0.260 e. The maximum absolute atomic E-state index is 15.7. The van der Waals surface area contributed by atoms with E-state index in [1.54, 1.807) is 7.05 Å². The average molecular weight is 1020 g/mol. The largest absolute Gasteiger partial charge is 0.305 e. The van der Waals surface area contributed by atoms with Gasteiger partial charge in [0, 0.05) is 30.3 Å². The molecule has 418 valence electrons. The molecule has 0 saturated heterocycles. The van der Waals surface area contributed by atoms with E-state index in [-0.39, 0.29) is 23.9 Å². The number of aryl methyl sites for hydroxylation is 1. The fraction of sp³-hybridized carbons (Fsp3) is 0.765. The highest BCUT2D eigenvalue weighted by atomic mass is 16.2. The Labute approximate surface area is 457 Å². The van der Waals surface area contributed by atoms with Gasteiger partial charge in [-0.1, -0.05) is 297 Å². The van der Waals surface area contributed by atoms with E-state index in [2.05, 4.69) is 85.0 Å². The first kappa shape index (κ1) is 63.3. The van der Waals surface area contributed by atoms with Crippen LogP contribution in [0.5, 0.6) is 0 Å². The Bertz CT molecular complexity index is 1820.